The summed E-state index contributed by atoms with van der Waals surface area (Å²) in [7, 11) is 5.50. The Morgan fingerprint density at radius 1 is 1.20 bits per heavy atom. The number of methoxy groups -OCH3 is 2. The van der Waals surface area contributed by atoms with Crippen molar-refractivity contribution in [1.82, 2.24) is 10.3 Å². The average Bonchev–Trinajstić information content (AvgIpc) is 2.75. The number of pyridine rings is 1. The minimum Gasteiger partial charge on any atom is -0.495 e. The van der Waals surface area contributed by atoms with E-state index >= 15 is 0 Å². The zero-order valence-electron chi connectivity index (χ0n) is 12.8. The topological polar surface area (TPSA) is 43.4 Å². The fourth-order valence-corrected chi connectivity index (χ4v) is 3.38. The zero-order valence-corrected chi connectivity index (χ0v) is 12.8. The summed E-state index contributed by atoms with van der Waals surface area (Å²) < 4.78 is 11.5. The molecule has 0 saturated heterocycles. The molecule has 0 aromatic carbocycles. The van der Waals surface area contributed by atoms with Crippen molar-refractivity contribution in [2.75, 3.05) is 21.3 Å². The second kappa shape index (κ2) is 7.04. The number of nitrogens with zero attached hydrogens (tertiary/aromatic N) is 1. The van der Waals surface area contributed by atoms with Crippen molar-refractivity contribution >= 4 is 0 Å². The van der Waals surface area contributed by atoms with E-state index in [1.807, 2.05) is 32.5 Å². The molecule has 20 heavy (non-hydrogen) atoms. The molecule has 1 fully saturated rings. The monoisotopic (exact) mass is 278 g/mol. The van der Waals surface area contributed by atoms with Crippen molar-refractivity contribution in [3.63, 3.8) is 0 Å². The molecule has 4 heteroatoms. The lowest BCUT2D eigenvalue weighted by atomic mass is 9.83. The first-order valence-corrected chi connectivity index (χ1v) is 7.49. The number of nitrogens with one attached hydrogen (secondary N) is 1. The highest BCUT2D eigenvalue weighted by Gasteiger charge is 2.41. The highest BCUT2D eigenvalue weighted by molar-refractivity contribution is 5.31. The summed E-state index contributed by atoms with van der Waals surface area (Å²) in [4.78, 5) is 4.55. The van der Waals surface area contributed by atoms with Crippen LogP contribution in [0, 0.1) is 0 Å². The summed E-state index contributed by atoms with van der Waals surface area (Å²) >= 11 is 0. The van der Waals surface area contributed by atoms with Crippen LogP contribution in [-0.2, 0) is 4.74 Å². The third kappa shape index (κ3) is 2.96. The molecule has 0 amide bonds. The Labute approximate surface area is 121 Å². The quantitative estimate of drug-likeness (QED) is 0.841. The first-order valence-electron chi connectivity index (χ1n) is 7.49. The fourth-order valence-electron chi connectivity index (χ4n) is 3.38. The molecule has 1 aromatic rings. The minimum absolute atomic E-state index is 0.0572. The van der Waals surface area contributed by atoms with Crippen LogP contribution in [0.15, 0.2) is 18.3 Å². The Morgan fingerprint density at radius 2 is 1.90 bits per heavy atom. The molecule has 1 saturated carbocycles. The van der Waals surface area contributed by atoms with E-state index in [4.69, 9.17) is 9.47 Å². The second-order valence-electron chi connectivity index (χ2n) is 5.50. The standard InChI is InChI=1S/C16H26N2O2/c1-17-15(14-13(19-2)9-8-12-18-14)16(20-3)10-6-4-5-7-11-16/h8-9,12,15,17H,4-7,10-11H2,1-3H3. The van der Waals surface area contributed by atoms with Gasteiger partial charge in [0.1, 0.15) is 11.4 Å². The van der Waals surface area contributed by atoms with Crippen LogP contribution in [0.25, 0.3) is 0 Å². The fraction of sp³-hybridized carbons (Fsp3) is 0.688. The summed E-state index contributed by atoms with van der Waals surface area (Å²) in [6.45, 7) is 0. The largest absolute Gasteiger partial charge is 0.495 e. The zero-order chi connectivity index (χ0) is 14.4. The molecule has 0 bridgehead atoms. The maximum absolute atomic E-state index is 6.01. The summed E-state index contributed by atoms with van der Waals surface area (Å²) in [5, 5.41) is 3.41. The first-order chi connectivity index (χ1) is 9.77. The van der Waals surface area contributed by atoms with Crippen LogP contribution in [0.1, 0.15) is 50.3 Å². The Bertz CT molecular complexity index is 415. The highest BCUT2D eigenvalue weighted by Crippen LogP contribution is 2.41. The lowest BCUT2D eigenvalue weighted by Crippen LogP contribution is -2.44. The van der Waals surface area contributed by atoms with E-state index in [1.165, 1.54) is 25.7 Å². The van der Waals surface area contributed by atoms with Gasteiger partial charge >= 0.3 is 0 Å². The van der Waals surface area contributed by atoms with Crippen LogP contribution in [0.5, 0.6) is 5.75 Å². The molecule has 1 aromatic heterocycles. The third-order valence-corrected chi connectivity index (χ3v) is 4.46. The van der Waals surface area contributed by atoms with E-state index in [0.29, 0.717) is 0 Å². The Morgan fingerprint density at radius 3 is 2.45 bits per heavy atom. The molecule has 0 aliphatic heterocycles. The SMILES string of the molecule is CNC(c1ncccc1OC)C1(OC)CCCCCC1. The van der Waals surface area contributed by atoms with Gasteiger partial charge in [-0.05, 0) is 32.0 Å². The van der Waals surface area contributed by atoms with Crippen molar-refractivity contribution in [3.05, 3.63) is 24.0 Å². The number of likely N-dealkylation sites (N-methyl/N-ethyl adjacent to an activating group) is 1. The molecule has 1 N–H and O–H groups in total. The van der Waals surface area contributed by atoms with Gasteiger partial charge in [-0.15, -0.1) is 0 Å². The van der Waals surface area contributed by atoms with Crippen LogP contribution in [0.4, 0.5) is 0 Å². The van der Waals surface area contributed by atoms with Gasteiger partial charge in [-0.2, -0.15) is 0 Å². The maximum atomic E-state index is 6.01. The molecule has 1 aliphatic rings. The van der Waals surface area contributed by atoms with Crippen LogP contribution >= 0.6 is 0 Å². The van der Waals surface area contributed by atoms with Gasteiger partial charge in [-0.1, -0.05) is 25.7 Å². The first kappa shape index (κ1) is 15.3. The Hall–Kier alpha value is -1.13. The normalized spacial score (nSPS) is 20.1. The molecule has 1 aliphatic carbocycles. The van der Waals surface area contributed by atoms with E-state index in [-0.39, 0.29) is 11.6 Å². The summed E-state index contributed by atoms with van der Waals surface area (Å²) in [6, 6.07) is 3.93. The molecule has 4 nitrogen and oxygen atoms in total. The molecule has 1 unspecified atom stereocenters. The van der Waals surface area contributed by atoms with Gasteiger partial charge in [0.2, 0.25) is 0 Å². The van der Waals surface area contributed by atoms with Crippen molar-refractivity contribution in [2.45, 2.75) is 50.2 Å². The van der Waals surface area contributed by atoms with Gasteiger partial charge in [0, 0.05) is 13.3 Å². The van der Waals surface area contributed by atoms with Crippen LogP contribution in [-0.4, -0.2) is 31.9 Å². The summed E-state index contributed by atoms with van der Waals surface area (Å²) in [5.74, 6) is 0.826. The summed E-state index contributed by atoms with van der Waals surface area (Å²) in [5.41, 5.74) is 0.758. The van der Waals surface area contributed by atoms with Crippen LogP contribution in [0.2, 0.25) is 0 Å². The predicted octanol–water partition coefficient (Wildman–Crippen LogP) is 3.09. The van der Waals surface area contributed by atoms with Crippen molar-refractivity contribution in [2.24, 2.45) is 0 Å². The number of rotatable bonds is 5. The van der Waals surface area contributed by atoms with Crippen LogP contribution < -0.4 is 10.1 Å². The van der Waals surface area contributed by atoms with E-state index in [0.717, 1.165) is 24.3 Å². The molecule has 112 valence electrons. The lowest BCUT2D eigenvalue weighted by Gasteiger charge is -2.39. The van der Waals surface area contributed by atoms with E-state index in [9.17, 15) is 0 Å². The van der Waals surface area contributed by atoms with E-state index in [1.54, 1.807) is 7.11 Å². The third-order valence-electron chi connectivity index (χ3n) is 4.46. The molecule has 0 radical (unpaired) electrons. The number of aromatic nitrogens is 1. The smallest absolute Gasteiger partial charge is 0.142 e. The maximum Gasteiger partial charge on any atom is 0.142 e. The second-order valence-corrected chi connectivity index (χ2v) is 5.50. The van der Waals surface area contributed by atoms with Gasteiger partial charge in [0.15, 0.2) is 0 Å². The summed E-state index contributed by atoms with van der Waals surface area (Å²) in [6.07, 6.45) is 8.95. The van der Waals surface area contributed by atoms with Gasteiger partial charge in [0.25, 0.3) is 0 Å². The van der Waals surface area contributed by atoms with Crippen molar-refractivity contribution in [3.8, 4) is 5.75 Å². The number of hydrogen-bond donors (Lipinski definition) is 1. The van der Waals surface area contributed by atoms with E-state index in [2.05, 4.69) is 10.3 Å². The molecule has 1 heterocycles. The Kier molecular flexibility index (Phi) is 5.38. The van der Waals surface area contributed by atoms with E-state index < -0.39 is 0 Å². The number of hydrogen-bond acceptors (Lipinski definition) is 4. The van der Waals surface area contributed by atoms with Gasteiger partial charge < -0.3 is 14.8 Å². The molecule has 0 spiro atoms. The Balaban J connectivity index is 2.37. The molecule has 2 rings (SSSR count). The molecule has 1 atom stereocenters. The predicted molar refractivity (Wildman–Crippen MR) is 80.0 cm³/mol. The molecular weight excluding hydrogens is 252 g/mol. The van der Waals surface area contributed by atoms with Gasteiger partial charge in [0.05, 0.1) is 18.8 Å². The minimum atomic E-state index is -0.188. The van der Waals surface area contributed by atoms with Gasteiger partial charge in [-0.3, -0.25) is 4.98 Å². The average molecular weight is 278 g/mol. The lowest BCUT2D eigenvalue weighted by molar-refractivity contribution is -0.0537. The van der Waals surface area contributed by atoms with Crippen molar-refractivity contribution < 1.29 is 9.47 Å². The van der Waals surface area contributed by atoms with Gasteiger partial charge in [-0.25, -0.2) is 0 Å². The van der Waals surface area contributed by atoms with Crippen molar-refractivity contribution in [1.29, 1.82) is 0 Å². The molecular formula is C16H26N2O2. The highest BCUT2D eigenvalue weighted by atomic mass is 16.5. The van der Waals surface area contributed by atoms with Crippen LogP contribution in [0.3, 0.4) is 0 Å². The number of ether oxygens (including phenoxy) is 2.